The van der Waals surface area contributed by atoms with Crippen molar-refractivity contribution in [3.8, 4) is 5.75 Å². The molecule has 0 spiro atoms. The molecule has 0 unspecified atom stereocenters. The Labute approximate surface area is 148 Å². The summed E-state index contributed by atoms with van der Waals surface area (Å²) in [6.07, 6.45) is 5.39. The first kappa shape index (κ1) is 17.5. The molecule has 1 aromatic heterocycles. The second kappa shape index (κ2) is 6.90. The average Bonchev–Trinajstić information content (AvgIpc) is 3.05. The maximum Gasteiger partial charge on any atom is 0.255 e. The minimum absolute atomic E-state index is 0.0185. The largest absolute Gasteiger partial charge is 0.490 e. The van der Waals surface area contributed by atoms with E-state index in [-0.39, 0.29) is 23.4 Å². The van der Waals surface area contributed by atoms with Crippen LogP contribution in [-0.2, 0) is 5.54 Å². The summed E-state index contributed by atoms with van der Waals surface area (Å²) >= 11 is 0. The molecule has 0 saturated carbocycles. The smallest absolute Gasteiger partial charge is 0.255 e. The van der Waals surface area contributed by atoms with E-state index in [0.717, 1.165) is 18.4 Å². The van der Waals surface area contributed by atoms with Gasteiger partial charge in [-0.25, -0.2) is 4.39 Å². The van der Waals surface area contributed by atoms with E-state index in [1.807, 2.05) is 23.4 Å². The standard InChI is InChI=1S/C20H25FN2O2/c1-20(2,3)23-12-7-15(14-23)19(24)22-10-8-17(9-11-22)25-18-6-4-5-16(21)13-18/h4-7,12-14,17H,8-11H2,1-3H3. The van der Waals surface area contributed by atoms with Crippen molar-refractivity contribution in [3.05, 3.63) is 54.1 Å². The normalized spacial score (nSPS) is 16.1. The van der Waals surface area contributed by atoms with Gasteiger partial charge in [0.1, 0.15) is 17.7 Å². The Morgan fingerprint density at radius 3 is 2.52 bits per heavy atom. The van der Waals surface area contributed by atoms with Crippen LogP contribution in [0.4, 0.5) is 4.39 Å². The van der Waals surface area contributed by atoms with Gasteiger partial charge in [-0.05, 0) is 39.0 Å². The van der Waals surface area contributed by atoms with Gasteiger partial charge in [0.05, 0.1) is 5.56 Å². The zero-order valence-electron chi connectivity index (χ0n) is 15.0. The Balaban J connectivity index is 1.56. The van der Waals surface area contributed by atoms with Gasteiger partial charge in [-0.2, -0.15) is 0 Å². The molecule has 1 aromatic carbocycles. The van der Waals surface area contributed by atoms with Crippen LogP contribution in [0.3, 0.4) is 0 Å². The number of ether oxygens (including phenoxy) is 1. The number of hydrogen-bond acceptors (Lipinski definition) is 2. The maximum absolute atomic E-state index is 13.2. The Morgan fingerprint density at radius 1 is 1.20 bits per heavy atom. The highest BCUT2D eigenvalue weighted by Crippen LogP contribution is 2.22. The molecule has 25 heavy (non-hydrogen) atoms. The van der Waals surface area contributed by atoms with Crippen LogP contribution in [0.1, 0.15) is 44.0 Å². The van der Waals surface area contributed by atoms with Crippen molar-refractivity contribution in [2.45, 2.75) is 45.3 Å². The minimum Gasteiger partial charge on any atom is -0.490 e. The van der Waals surface area contributed by atoms with Crippen LogP contribution in [0.2, 0.25) is 0 Å². The zero-order valence-corrected chi connectivity index (χ0v) is 15.0. The van der Waals surface area contributed by atoms with Gasteiger partial charge in [0.25, 0.3) is 5.91 Å². The van der Waals surface area contributed by atoms with Crippen molar-refractivity contribution in [2.75, 3.05) is 13.1 Å². The molecule has 1 saturated heterocycles. The summed E-state index contributed by atoms with van der Waals surface area (Å²) in [4.78, 5) is 14.5. The summed E-state index contributed by atoms with van der Waals surface area (Å²) in [5, 5.41) is 0. The molecule has 2 heterocycles. The number of piperidine rings is 1. The number of aromatic nitrogens is 1. The van der Waals surface area contributed by atoms with Crippen LogP contribution in [0, 0.1) is 5.82 Å². The Morgan fingerprint density at radius 2 is 1.92 bits per heavy atom. The van der Waals surface area contributed by atoms with E-state index in [1.165, 1.54) is 12.1 Å². The molecule has 5 heteroatoms. The van der Waals surface area contributed by atoms with Crippen LogP contribution >= 0.6 is 0 Å². The summed E-state index contributed by atoms with van der Waals surface area (Å²) in [6, 6.07) is 8.08. The molecular formula is C20H25FN2O2. The highest BCUT2D eigenvalue weighted by Gasteiger charge is 2.26. The van der Waals surface area contributed by atoms with Crippen molar-refractivity contribution < 1.29 is 13.9 Å². The molecule has 1 fully saturated rings. The van der Waals surface area contributed by atoms with Crippen molar-refractivity contribution in [1.82, 2.24) is 9.47 Å². The highest BCUT2D eigenvalue weighted by atomic mass is 19.1. The predicted octanol–water partition coefficient (Wildman–Crippen LogP) is 4.07. The van der Waals surface area contributed by atoms with Gasteiger partial charge in [-0.3, -0.25) is 4.79 Å². The number of nitrogens with zero attached hydrogens (tertiary/aromatic N) is 2. The molecular weight excluding hydrogens is 319 g/mol. The van der Waals surface area contributed by atoms with Crippen molar-refractivity contribution in [3.63, 3.8) is 0 Å². The van der Waals surface area contributed by atoms with Gasteiger partial charge in [-0.15, -0.1) is 0 Å². The topological polar surface area (TPSA) is 34.5 Å². The fraction of sp³-hybridized carbons (Fsp3) is 0.450. The summed E-state index contributed by atoms with van der Waals surface area (Å²) < 4.78 is 21.1. The summed E-state index contributed by atoms with van der Waals surface area (Å²) in [5.74, 6) is 0.313. The molecule has 0 N–H and O–H groups in total. The fourth-order valence-electron chi connectivity index (χ4n) is 3.03. The Hall–Kier alpha value is -2.30. The fourth-order valence-corrected chi connectivity index (χ4v) is 3.03. The lowest BCUT2D eigenvalue weighted by molar-refractivity contribution is 0.0595. The molecule has 0 bridgehead atoms. The third-order valence-corrected chi connectivity index (χ3v) is 4.54. The minimum atomic E-state index is -0.298. The van der Waals surface area contributed by atoms with Crippen LogP contribution in [-0.4, -0.2) is 34.6 Å². The second-order valence-corrected chi connectivity index (χ2v) is 7.55. The lowest BCUT2D eigenvalue weighted by Gasteiger charge is -2.32. The summed E-state index contributed by atoms with van der Waals surface area (Å²) in [6.45, 7) is 7.63. The van der Waals surface area contributed by atoms with Gasteiger partial charge < -0.3 is 14.2 Å². The number of likely N-dealkylation sites (tertiary alicyclic amines) is 1. The van der Waals surface area contributed by atoms with E-state index < -0.39 is 0 Å². The van der Waals surface area contributed by atoms with Gasteiger partial charge in [0, 0.05) is 49.9 Å². The lowest BCUT2D eigenvalue weighted by atomic mass is 10.1. The van der Waals surface area contributed by atoms with Gasteiger partial charge >= 0.3 is 0 Å². The maximum atomic E-state index is 13.2. The number of carbonyl (C=O) groups excluding carboxylic acids is 1. The number of hydrogen-bond donors (Lipinski definition) is 0. The lowest BCUT2D eigenvalue weighted by Crippen LogP contribution is -2.41. The van der Waals surface area contributed by atoms with E-state index >= 15 is 0 Å². The van der Waals surface area contributed by atoms with Crippen molar-refractivity contribution >= 4 is 5.91 Å². The van der Waals surface area contributed by atoms with E-state index in [9.17, 15) is 9.18 Å². The average molecular weight is 344 g/mol. The molecule has 0 atom stereocenters. The second-order valence-electron chi connectivity index (χ2n) is 7.55. The van der Waals surface area contributed by atoms with Gasteiger partial charge in [0.2, 0.25) is 0 Å². The SMILES string of the molecule is CC(C)(C)n1ccc(C(=O)N2CCC(Oc3cccc(F)c3)CC2)c1. The molecule has 1 amide bonds. The molecule has 3 rings (SSSR count). The van der Waals surface area contributed by atoms with Gasteiger partial charge in [0.15, 0.2) is 0 Å². The number of carbonyl (C=O) groups is 1. The summed E-state index contributed by atoms with van der Waals surface area (Å²) in [7, 11) is 0. The van der Waals surface area contributed by atoms with Gasteiger partial charge in [-0.1, -0.05) is 6.07 Å². The van der Waals surface area contributed by atoms with Crippen LogP contribution in [0.5, 0.6) is 5.75 Å². The van der Waals surface area contributed by atoms with E-state index in [1.54, 1.807) is 12.1 Å². The number of rotatable bonds is 3. The number of halogens is 1. The van der Waals surface area contributed by atoms with Crippen LogP contribution in [0.15, 0.2) is 42.7 Å². The predicted molar refractivity (Wildman–Crippen MR) is 95.4 cm³/mol. The Kier molecular flexibility index (Phi) is 4.84. The summed E-state index contributed by atoms with van der Waals surface area (Å²) in [5.41, 5.74) is 0.684. The third kappa shape index (κ3) is 4.21. The third-order valence-electron chi connectivity index (χ3n) is 4.54. The molecule has 134 valence electrons. The monoisotopic (exact) mass is 344 g/mol. The molecule has 1 aliphatic rings. The highest BCUT2D eigenvalue weighted by molar-refractivity contribution is 5.94. The van der Waals surface area contributed by atoms with Crippen molar-refractivity contribution in [1.29, 1.82) is 0 Å². The molecule has 0 aliphatic carbocycles. The zero-order chi connectivity index (χ0) is 18.0. The van der Waals surface area contributed by atoms with E-state index in [2.05, 4.69) is 25.3 Å². The molecule has 4 nitrogen and oxygen atoms in total. The van der Waals surface area contributed by atoms with E-state index in [0.29, 0.717) is 18.8 Å². The van der Waals surface area contributed by atoms with Crippen LogP contribution < -0.4 is 4.74 Å². The van der Waals surface area contributed by atoms with E-state index in [4.69, 9.17) is 4.74 Å². The molecule has 2 aromatic rings. The Bertz CT molecular complexity index is 740. The first-order valence-electron chi connectivity index (χ1n) is 8.73. The van der Waals surface area contributed by atoms with Crippen LogP contribution in [0.25, 0.3) is 0 Å². The number of benzene rings is 1. The first-order chi connectivity index (χ1) is 11.8. The first-order valence-corrected chi connectivity index (χ1v) is 8.73. The quantitative estimate of drug-likeness (QED) is 0.841. The van der Waals surface area contributed by atoms with Crippen molar-refractivity contribution in [2.24, 2.45) is 0 Å². The number of amides is 1. The molecule has 0 radical (unpaired) electrons. The molecule has 1 aliphatic heterocycles.